The minimum atomic E-state index is -0.470. The van der Waals surface area contributed by atoms with Gasteiger partial charge < -0.3 is 9.15 Å². The van der Waals surface area contributed by atoms with E-state index >= 15 is 0 Å². The van der Waals surface area contributed by atoms with E-state index in [9.17, 15) is 9.59 Å². The average molecular weight is 325 g/mol. The van der Waals surface area contributed by atoms with Gasteiger partial charge in [-0.3, -0.25) is 9.55 Å². The fourth-order valence-corrected chi connectivity index (χ4v) is 2.26. The number of aromatic nitrogens is 3. The average Bonchev–Trinajstić information content (AvgIpc) is 2.93. The number of carbonyl (C=O) groups is 1. The van der Waals surface area contributed by atoms with Crippen molar-refractivity contribution >= 4 is 23.3 Å². The molecular formula is C17H15N3O4. The number of nitrogens with zero attached hydrogens (tertiary/aromatic N) is 3. The molecule has 0 unspecified atom stereocenters. The summed E-state index contributed by atoms with van der Waals surface area (Å²) in [5.41, 5.74) is 2.36. The minimum Gasteiger partial charge on any atom is -0.466 e. The van der Waals surface area contributed by atoms with Crippen LogP contribution >= 0.6 is 0 Å². The molecule has 0 amide bonds. The molecule has 7 nitrogen and oxygen atoms in total. The SMILES string of the molecule is COC(=O)/C=C/c1cnc2c(c1)oc(=O)n2CCc1ccccn1. The maximum atomic E-state index is 12.0. The van der Waals surface area contributed by atoms with E-state index in [0.29, 0.717) is 29.8 Å². The molecule has 0 saturated heterocycles. The highest BCUT2D eigenvalue weighted by Crippen LogP contribution is 2.14. The first-order valence-corrected chi connectivity index (χ1v) is 7.32. The Morgan fingerprint density at radius 3 is 3.00 bits per heavy atom. The van der Waals surface area contributed by atoms with Crippen LogP contribution in [0.2, 0.25) is 0 Å². The summed E-state index contributed by atoms with van der Waals surface area (Å²) in [6, 6.07) is 7.29. The van der Waals surface area contributed by atoms with Crippen molar-refractivity contribution in [1.82, 2.24) is 14.5 Å². The third kappa shape index (κ3) is 3.40. The molecule has 0 saturated carbocycles. The summed E-state index contributed by atoms with van der Waals surface area (Å²) in [6.07, 6.45) is 6.70. The van der Waals surface area contributed by atoms with E-state index in [1.54, 1.807) is 24.5 Å². The van der Waals surface area contributed by atoms with Crippen LogP contribution in [0.15, 0.2) is 51.9 Å². The van der Waals surface area contributed by atoms with Crippen LogP contribution in [0, 0.1) is 0 Å². The molecule has 0 aromatic carbocycles. The minimum absolute atomic E-state index is 0.369. The van der Waals surface area contributed by atoms with E-state index in [2.05, 4.69) is 14.7 Å². The van der Waals surface area contributed by atoms with Crippen molar-refractivity contribution in [2.45, 2.75) is 13.0 Å². The second kappa shape index (κ2) is 6.91. The van der Waals surface area contributed by atoms with Gasteiger partial charge in [0.15, 0.2) is 11.2 Å². The van der Waals surface area contributed by atoms with Crippen LogP contribution in [0.3, 0.4) is 0 Å². The predicted molar refractivity (Wildman–Crippen MR) is 87.3 cm³/mol. The second-order valence-electron chi connectivity index (χ2n) is 5.04. The van der Waals surface area contributed by atoms with Crippen molar-refractivity contribution < 1.29 is 13.9 Å². The van der Waals surface area contributed by atoms with Gasteiger partial charge in [0.2, 0.25) is 0 Å². The van der Waals surface area contributed by atoms with Gasteiger partial charge in [-0.25, -0.2) is 14.6 Å². The predicted octanol–water partition coefficient (Wildman–Crippen LogP) is 1.81. The number of methoxy groups -OCH3 is 1. The smallest absolute Gasteiger partial charge is 0.421 e. The molecule has 0 atom stereocenters. The first kappa shape index (κ1) is 15.7. The van der Waals surface area contributed by atoms with Crippen LogP contribution in [-0.4, -0.2) is 27.6 Å². The zero-order valence-electron chi connectivity index (χ0n) is 13.0. The maximum absolute atomic E-state index is 12.0. The van der Waals surface area contributed by atoms with E-state index < -0.39 is 11.7 Å². The number of hydrogen-bond donors (Lipinski definition) is 0. The number of fused-ring (bicyclic) bond motifs is 1. The molecule has 0 spiro atoms. The lowest BCUT2D eigenvalue weighted by Gasteiger charge is -2.01. The normalized spacial score (nSPS) is 11.2. The lowest BCUT2D eigenvalue weighted by atomic mass is 10.2. The lowest BCUT2D eigenvalue weighted by Crippen LogP contribution is -2.16. The fraction of sp³-hybridized carbons (Fsp3) is 0.176. The summed E-state index contributed by atoms with van der Waals surface area (Å²) >= 11 is 0. The number of ether oxygens (including phenoxy) is 1. The molecule has 122 valence electrons. The second-order valence-corrected chi connectivity index (χ2v) is 5.04. The van der Waals surface area contributed by atoms with Gasteiger partial charge in [0.25, 0.3) is 0 Å². The number of rotatable bonds is 5. The molecule has 0 N–H and O–H groups in total. The van der Waals surface area contributed by atoms with Crippen LogP contribution < -0.4 is 5.76 Å². The lowest BCUT2D eigenvalue weighted by molar-refractivity contribution is -0.134. The van der Waals surface area contributed by atoms with Crippen molar-refractivity contribution in [3.05, 3.63) is 64.5 Å². The number of esters is 1. The Bertz CT molecular complexity index is 941. The van der Waals surface area contributed by atoms with E-state index in [0.717, 1.165) is 5.69 Å². The molecule has 0 aliphatic heterocycles. The highest BCUT2D eigenvalue weighted by molar-refractivity contribution is 5.87. The number of carbonyl (C=O) groups excluding carboxylic acids is 1. The van der Waals surface area contributed by atoms with Gasteiger partial charge in [-0.15, -0.1) is 0 Å². The zero-order valence-corrected chi connectivity index (χ0v) is 13.0. The summed E-state index contributed by atoms with van der Waals surface area (Å²) in [5, 5.41) is 0. The standard InChI is InChI=1S/C17H15N3O4/c1-23-15(21)6-5-12-10-14-16(19-11-12)20(17(22)24-14)9-7-13-4-2-3-8-18-13/h2-6,8,10-11H,7,9H2,1H3/b6-5+. The molecule has 24 heavy (non-hydrogen) atoms. The van der Waals surface area contributed by atoms with Gasteiger partial charge in [0.1, 0.15) is 0 Å². The largest absolute Gasteiger partial charge is 0.466 e. The Morgan fingerprint density at radius 1 is 1.38 bits per heavy atom. The molecule has 0 radical (unpaired) electrons. The van der Waals surface area contributed by atoms with Crippen molar-refractivity contribution in [1.29, 1.82) is 0 Å². The van der Waals surface area contributed by atoms with Gasteiger partial charge in [0.05, 0.1) is 7.11 Å². The van der Waals surface area contributed by atoms with E-state index in [4.69, 9.17) is 4.42 Å². The first-order valence-electron chi connectivity index (χ1n) is 7.32. The highest BCUT2D eigenvalue weighted by atomic mass is 16.5. The third-order valence-electron chi connectivity index (χ3n) is 3.46. The maximum Gasteiger partial charge on any atom is 0.421 e. The molecule has 3 aromatic heterocycles. The van der Waals surface area contributed by atoms with Crippen LogP contribution in [-0.2, 0) is 22.5 Å². The summed E-state index contributed by atoms with van der Waals surface area (Å²) in [4.78, 5) is 31.6. The monoisotopic (exact) mass is 325 g/mol. The van der Waals surface area contributed by atoms with Gasteiger partial charge in [-0.1, -0.05) is 6.07 Å². The highest BCUT2D eigenvalue weighted by Gasteiger charge is 2.11. The number of pyridine rings is 2. The Morgan fingerprint density at radius 2 is 2.25 bits per heavy atom. The summed E-state index contributed by atoms with van der Waals surface area (Å²) in [5.74, 6) is -0.938. The summed E-state index contributed by atoms with van der Waals surface area (Å²) in [6.45, 7) is 0.424. The quantitative estimate of drug-likeness (QED) is 0.525. The number of aryl methyl sites for hydroxylation is 2. The molecule has 0 aliphatic carbocycles. The Hall–Kier alpha value is -3.22. The van der Waals surface area contributed by atoms with Crippen molar-refractivity contribution in [2.24, 2.45) is 0 Å². The Labute approximate surface area is 137 Å². The molecular weight excluding hydrogens is 310 g/mol. The van der Waals surface area contributed by atoms with Gasteiger partial charge >= 0.3 is 11.7 Å². The molecule has 3 aromatic rings. The van der Waals surface area contributed by atoms with E-state index in [1.807, 2.05) is 18.2 Å². The van der Waals surface area contributed by atoms with Gasteiger partial charge in [0, 0.05) is 37.1 Å². The zero-order chi connectivity index (χ0) is 16.9. The molecule has 3 heterocycles. The Kier molecular flexibility index (Phi) is 4.51. The Balaban J connectivity index is 1.85. The molecule has 7 heteroatoms. The third-order valence-corrected chi connectivity index (χ3v) is 3.46. The van der Waals surface area contributed by atoms with Crippen molar-refractivity contribution in [2.75, 3.05) is 7.11 Å². The van der Waals surface area contributed by atoms with Crippen molar-refractivity contribution in [3.8, 4) is 0 Å². The van der Waals surface area contributed by atoms with Crippen molar-refractivity contribution in [3.63, 3.8) is 0 Å². The first-order chi connectivity index (χ1) is 11.7. The fourth-order valence-electron chi connectivity index (χ4n) is 2.26. The summed E-state index contributed by atoms with van der Waals surface area (Å²) in [7, 11) is 1.30. The van der Waals surface area contributed by atoms with Crippen LogP contribution in [0.4, 0.5) is 0 Å². The molecule has 0 bridgehead atoms. The van der Waals surface area contributed by atoms with Gasteiger partial charge in [-0.2, -0.15) is 0 Å². The molecule has 0 fully saturated rings. The number of oxazole rings is 1. The van der Waals surface area contributed by atoms with Crippen LogP contribution in [0.5, 0.6) is 0 Å². The molecule has 3 rings (SSSR count). The van der Waals surface area contributed by atoms with Crippen LogP contribution in [0.25, 0.3) is 17.3 Å². The van der Waals surface area contributed by atoms with E-state index in [-0.39, 0.29) is 0 Å². The van der Waals surface area contributed by atoms with Gasteiger partial charge in [-0.05, 0) is 29.8 Å². The van der Waals surface area contributed by atoms with E-state index in [1.165, 1.54) is 17.8 Å². The topological polar surface area (TPSA) is 87.2 Å². The number of hydrogen-bond acceptors (Lipinski definition) is 6. The molecule has 0 aliphatic rings. The summed E-state index contributed by atoms with van der Waals surface area (Å²) < 4.78 is 11.2. The van der Waals surface area contributed by atoms with Crippen LogP contribution in [0.1, 0.15) is 11.3 Å².